The normalized spacial score (nSPS) is 19.6. The van der Waals surface area contributed by atoms with Crippen molar-refractivity contribution >= 4 is 11.7 Å². The van der Waals surface area contributed by atoms with Gasteiger partial charge in [0.05, 0.1) is 5.56 Å². The number of carbonyl (C=O) groups is 1. The molecule has 104 valence electrons. The van der Waals surface area contributed by atoms with Gasteiger partial charge in [0.1, 0.15) is 5.60 Å². The molecule has 1 heterocycles. The number of benzene rings is 1. The van der Waals surface area contributed by atoms with Crippen molar-refractivity contribution in [1.29, 1.82) is 0 Å². The molecule has 0 radical (unpaired) electrons. The lowest BCUT2D eigenvalue weighted by atomic mass is 10.1. The molecule has 1 fully saturated rings. The fraction of sp³-hybridized carbons (Fsp3) is 0.533. The first-order valence-electron chi connectivity index (χ1n) is 6.69. The van der Waals surface area contributed by atoms with Gasteiger partial charge in [0, 0.05) is 24.8 Å². The molecule has 4 nitrogen and oxygen atoms in total. The van der Waals surface area contributed by atoms with Gasteiger partial charge in [-0.3, -0.25) is 0 Å². The van der Waals surface area contributed by atoms with E-state index in [1.165, 1.54) is 0 Å². The van der Waals surface area contributed by atoms with Crippen LogP contribution in [-0.4, -0.2) is 30.7 Å². The zero-order chi connectivity index (χ0) is 14.0. The van der Waals surface area contributed by atoms with Crippen LogP contribution in [0.1, 0.15) is 37.6 Å². The fourth-order valence-corrected chi connectivity index (χ4v) is 2.17. The maximum Gasteiger partial charge on any atom is 0.338 e. The van der Waals surface area contributed by atoms with E-state index in [9.17, 15) is 4.79 Å². The predicted octanol–water partition coefficient (Wildman–Crippen LogP) is 2.18. The average molecular weight is 262 g/mol. The molecule has 4 heteroatoms. The van der Waals surface area contributed by atoms with Gasteiger partial charge in [-0.1, -0.05) is 0 Å². The van der Waals surface area contributed by atoms with Gasteiger partial charge in [0.25, 0.3) is 0 Å². The van der Waals surface area contributed by atoms with E-state index in [4.69, 9.17) is 10.5 Å². The lowest BCUT2D eigenvalue weighted by molar-refractivity contribution is 0.00696. The highest BCUT2D eigenvalue weighted by Gasteiger charge is 2.20. The Kier molecular flexibility index (Phi) is 3.80. The summed E-state index contributed by atoms with van der Waals surface area (Å²) < 4.78 is 5.33. The Morgan fingerprint density at radius 1 is 1.32 bits per heavy atom. The minimum atomic E-state index is -0.461. The van der Waals surface area contributed by atoms with Crippen LogP contribution in [0.3, 0.4) is 0 Å². The van der Waals surface area contributed by atoms with E-state index in [-0.39, 0.29) is 12.0 Å². The number of hydrogen-bond acceptors (Lipinski definition) is 4. The summed E-state index contributed by atoms with van der Waals surface area (Å²) in [5, 5.41) is 0. The van der Waals surface area contributed by atoms with Crippen LogP contribution < -0.4 is 10.6 Å². The van der Waals surface area contributed by atoms with Crippen LogP contribution in [0.15, 0.2) is 24.3 Å². The van der Waals surface area contributed by atoms with Crippen molar-refractivity contribution in [2.75, 3.05) is 18.0 Å². The van der Waals surface area contributed by atoms with Crippen LogP contribution >= 0.6 is 0 Å². The molecule has 0 aliphatic carbocycles. The van der Waals surface area contributed by atoms with E-state index in [1.54, 1.807) is 0 Å². The molecule has 1 saturated heterocycles. The molecular weight excluding hydrogens is 240 g/mol. The van der Waals surface area contributed by atoms with Gasteiger partial charge in [-0.05, 0) is 51.5 Å². The number of carbonyl (C=O) groups excluding carboxylic acids is 1. The minimum Gasteiger partial charge on any atom is -0.456 e. The van der Waals surface area contributed by atoms with E-state index in [2.05, 4.69) is 4.90 Å². The first-order valence-corrected chi connectivity index (χ1v) is 6.69. The van der Waals surface area contributed by atoms with Gasteiger partial charge < -0.3 is 15.4 Å². The van der Waals surface area contributed by atoms with Crippen molar-refractivity contribution in [3.63, 3.8) is 0 Å². The number of anilines is 1. The molecule has 0 saturated carbocycles. The number of hydrogen-bond donors (Lipinski definition) is 1. The van der Waals surface area contributed by atoms with Crippen LogP contribution in [0.4, 0.5) is 5.69 Å². The highest BCUT2D eigenvalue weighted by atomic mass is 16.6. The third-order valence-corrected chi connectivity index (χ3v) is 3.09. The molecule has 0 spiro atoms. The number of rotatable bonds is 2. The lowest BCUT2D eigenvalue weighted by Gasteiger charge is -2.20. The minimum absolute atomic E-state index is 0.255. The first kappa shape index (κ1) is 13.9. The van der Waals surface area contributed by atoms with Crippen molar-refractivity contribution in [3.8, 4) is 0 Å². The van der Waals surface area contributed by atoms with Gasteiger partial charge in [-0.25, -0.2) is 4.79 Å². The Labute approximate surface area is 114 Å². The highest BCUT2D eigenvalue weighted by Crippen LogP contribution is 2.21. The topological polar surface area (TPSA) is 55.6 Å². The standard InChI is InChI=1S/C15H22N2O2/c1-15(2,3)19-14(18)11-4-6-13(7-5-11)17-9-8-12(16)10-17/h4-7,12H,8-10,16H2,1-3H3. The Balaban J connectivity index is 2.04. The number of nitrogens with zero attached hydrogens (tertiary/aromatic N) is 1. The molecule has 2 N–H and O–H groups in total. The Morgan fingerprint density at radius 2 is 1.95 bits per heavy atom. The second-order valence-corrected chi connectivity index (χ2v) is 6.04. The molecule has 1 atom stereocenters. The summed E-state index contributed by atoms with van der Waals surface area (Å²) in [6, 6.07) is 7.79. The van der Waals surface area contributed by atoms with Gasteiger partial charge in [-0.2, -0.15) is 0 Å². The Hall–Kier alpha value is -1.55. The summed E-state index contributed by atoms with van der Waals surface area (Å²) in [6.45, 7) is 7.46. The third-order valence-electron chi connectivity index (χ3n) is 3.09. The van der Waals surface area contributed by atoms with E-state index < -0.39 is 5.60 Å². The zero-order valence-electron chi connectivity index (χ0n) is 11.8. The molecule has 0 bridgehead atoms. The van der Waals surface area contributed by atoms with E-state index in [0.29, 0.717) is 5.56 Å². The van der Waals surface area contributed by atoms with Gasteiger partial charge in [-0.15, -0.1) is 0 Å². The molecule has 19 heavy (non-hydrogen) atoms. The monoisotopic (exact) mass is 262 g/mol. The smallest absolute Gasteiger partial charge is 0.338 e. The zero-order valence-corrected chi connectivity index (χ0v) is 11.8. The Morgan fingerprint density at radius 3 is 2.42 bits per heavy atom. The number of nitrogens with two attached hydrogens (primary N) is 1. The molecule has 0 amide bonds. The summed E-state index contributed by atoms with van der Waals surface area (Å²) in [5.74, 6) is -0.280. The van der Waals surface area contributed by atoms with Crippen LogP contribution in [-0.2, 0) is 4.74 Å². The first-order chi connectivity index (χ1) is 8.85. The van der Waals surface area contributed by atoms with Crippen molar-refractivity contribution in [3.05, 3.63) is 29.8 Å². The van der Waals surface area contributed by atoms with Gasteiger partial charge >= 0.3 is 5.97 Å². The summed E-state index contributed by atoms with van der Waals surface area (Å²) >= 11 is 0. The molecular formula is C15H22N2O2. The molecule has 1 aromatic carbocycles. The second-order valence-electron chi connectivity index (χ2n) is 6.04. The molecule has 1 aromatic rings. The van der Waals surface area contributed by atoms with E-state index in [1.807, 2.05) is 45.0 Å². The van der Waals surface area contributed by atoms with Crippen molar-refractivity contribution in [2.24, 2.45) is 5.73 Å². The van der Waals surface area contributed by atoms with Crippen molar-refractivity contribution < 1.29 is 9.53 Å². The predicted molar refractivity (Wildman–Crippen MR) is 76.4 cm³/mol. The van der Waals surface area contributed by atoms with E-state index in [0.717, 1.165) is 25.2 Å². The van der Waals surface area contributed by atoms with Crippen LogP contribution in [0.5, 0.6) is 0 Å². The van der Waals surface area contributed by atoms with Gasteiger partial charge in [0.15, 0.2) is 0 Å². The van der Waals surface area contributed by atoms with Crippen LogP contribution in [0, 0.1) is 0 Å². The van der Waals surface area contributed by atoms with E-state index >= 15 is 0 Å². The maximum atomic E-state index is 11.9. The lowest BCUT2D eigenvalue weighted by Crippen LogP contribution is -2.26. The number of esters is 1. The van der Waals surface area contributed by atoms with Crippen molar-refractivity contribution in [2.45, 2.75) is 38.8 Å². The molecule has 1 aliphatic heterocycles. The summed E-state index contributed by atoms with van der Waals surface area (Å²) in [7, 11) is 0. The maximum absolute atomic E-state index is 11.9. The quantitative estimate of drug-likeness (QED) is 0.830. The average Bonchev–Trinajstić information content (AvgIpc) is 2.74. The largest absolute Gasteiger partial charge is 0.456 e. The fourth-order valence-electron chi connectivity index (χ4n) is 2.17. The Bertz CT molecular complexity index is 448. The molecule has 0 aromatic heterocycles. The SMILES string of the molecule is CC(C)(C)OC(=O)c1ccc(N2CCC(N)C2)cc1. The second kappa shape index (κ2) is 5.21. The van der Waals surface area contributed by atoms with Crippen LogP contribution in [0.2, 0.25) is 0 Å². The third kappa shape index (κ3) is 3.70. The summed E-state index contributed by atoms with van der Waals surface area (Å²) in [6.07, 6.45) is 1.02. The summed E-state index contributed by atoms with van der Waals surface area (Å²) in [5.41, 5.74) is 7.13. The van der Waals surface area contributed by atoms with Crippen molar-refractivity contribution in [1.82, 2.24) is 0 Å². The molecule has 2 rings (SSSR count). The number of ether oxygens (including phenoxy) is 1. The van der Waals surface area contributed by atoms with Crippen LogP contribution in [0.25, 0.3) is 0 Å². The molecule has 1 aliphatic rings. The van der Waals surface area contributed by atoms with Gasteiger partial charge in [0.2, 0.25) is 0 Å². The summed E-state index contributed by atoms with van der Waals surface area (Å²) in [4.78, 5) is 14.1. The molecule has 1 unspecified atom stereocenters. The highest BCUT2D eigenvalue weighted by molar-refractivity contribution is 5.90.